The normalized spacial score (nSPS) is 10.6. The lowest BCUT2D eigenvalue weighted by atomic mass is 10.2. The Kier molecular flexibility index (Phi) is 3.60. The predicted molar refractivity (Wildman–Crippen MR) is 66.8 cm³/mol. The molecule has 2 aromatic rings. The summed E-state index contributed by atoms with van der Waals surface area (Å²) in [5.74, 6) is -0.0873. The van der Waals surface area contributed by atoms with E-state index in [-0.39, 0.29) is 5.02 Å². The molecular formula is C12H9Cl2FN2. The minimum Gasteiger partial charge on any atom is -0.233 e. The van der Waals surface area contributed by atoms with Crippen molar-refractivity contribution in [2.75, 3.05) is 0 Å². The lowest BCUT2D eigenvalue weighted by Crippen LogP contribution is -1.95. The molecule has 1 aromatic carbocycles. The van der Waals surface area contributed by atoms with Crippen LogP contribution in [-0.4, -0.2) is 9.97 Å². The maximum atomic E-state index is 13.3. The van der Waals surface area contributed by atoms with Gasteiger partial charge in [-0.05, 0) is 30.7 Å². The first kappa shape index (κ1) is 12.3. The number of benzene rings is 1. The summed E-state index contributed by atoms with van der Waals surface area (Å²) in [7, 11) is 0. The van der Waals surface area contributed by atoms with Gasteiger partial charge in [-0.1, -0.05) is 30.1 Å². The first-order valence-electron chi connectivity index (χ1n) is 5.09. The topological polar surface area (TPSA) is 25.8 Å². The van der Waals surface area contributed by atoms with Gasteiger partial charge in [-0.15, -0.1) is 0 Å². The zero-order chi connectivity index (χ0) is 12.4. The second kappa shape index (κ2) is 4.98. The SMILES string of the molecule is CCc1cc(Cl)nc(-c2ccc(Cl)c(F)c2)n1. The van der Waals surface area contributed by atoms with E-state index in [1.165, 1.54) is 12.1 Å². The molecule has 0 spiro atoms. The Labute approximate surface area is 108 Å². The predicted octanol–water partition coefficient (Wildman–Crippen LogP) is 4.15. The van der Waals surface area contributed by atoms with E-state index in [2.05, 4.69) is 9.97 Å². The summed E-state index contributed by atoms with van der Waals surface area (Å²) >= 11 is 11.5. The Morgan fingerprint density at radius 1 is 1.18 bits per heavy atom. The molecule has 0 atom stereocenters. The Balaban J connectivity index is 2.52. The molecule has 0 amide bonds. The first-order valence-corrected chi connectivity index (χ1v) is 5.84. The maximum Gasteiger partial charge on any atom is 0.161 e. The van der Waals surface area contributed by atoms with Crippen molar-refractivity contribution in [2.45, 2.75) is 13.3 Å². The van der Waals surface area contributed by atoms with Gasteiger partial charge in [0.25, 0.3) is 0 Å². The Morgan fingerprint density at radius 2 is 1.94 bits per heavy atom. The lowest BCUT2D eigenvalue weighted by molar-refractivity contribution is 0.628. The highest BCUT2D eigenvalue weighted by Crippen LogP contribution is 2.23. The van der Waals surface area contributed by atoms with E-state index in [0.717, 1.165) is 12.1 Å². The van der Waals surface area contributed by atoms with E-state index < -0.39 is 5.82 Å². The fraction of sp³-hybridized carbons (Fsp3) is 0.167. The highest BCUT2D eigenvalue weighted by Gasteiger charge is 2.08. The summed E-state index contributed by atoms with van der Waals surface area (Å²) in [6.07, 6.45) is 0.741. The molecule has 17 heavy (non-hydrogen) atoms. The fourth-order valence-corrected chi connectivity index (χ4v) is 1.73. The molecule has 0 N–H and O–H groups in total. The number of halogens is 3. The van der Waals surface area contributed by atoms with Crippen molar-refractivity contribution in [1.82, 2.24) is 9.97 Å². The molecule has 2 rings (SSSR count). The molecule has 5 heteroatoms. The average molecular weight is 271 g/mol. The Bertz CT molecular complexity index is 558. The zero-order valence-corrected chi connectivity index (χ0v) is 10.6. The van der Waals surface area contributed by atoms with Crippen molar-refractivity contribution in [3.8, 4) is 11.4 Å². The smallest absolute Gasteiger partial charge is 0.161 e. The van der Waals surface area contributed by atoms with Gasteiger partial charge in [0.05, 0.1) is 5.02 Å². The van der Waals surface area contributed by atoms with Crippen LogP contribution in [0.1, 0.15) is 12.6 Å². The van der Waals surface area contributed by atoms with Crippen molar-refractivity contribution in [3.63, 3.8) is 0 Å². The minimum absolute atomic E-state index is 0.0755. The van der Waals surface area contributed by atoms with Gasteiger partial charge in [-0.2, -0.15) is 0 Å². The molecular weight excluding hydrogens is 262 g/mol. The van der Waals surface area contributed by atoms with Gasteiger partial charge >= 0.3 is 0 Å². The number of nitrogens with zero attached hydrogens (tertiary/aromatic N) is 2. The van der Waals surface area contributed by atoms with Gasteiger partial charge < -0.3 is 0 Å². The second-order valence-electron chi connectivity index (χ2n) is 3.49. The molecule has 1 heterocycles. The van der Waals surface area contributed by atoms with Gasteiger partial charge in [0.2, 0.25) is 0 Å². The van der Waals surface area contributed by atoms with Gasteiger partial charge in [0.15, 0.2) is 5.82 Å². The van der Waals surface area contributed by atoms with Crippen LogP contribution in [0.25, 0.3) is 11.4 Å². The number of hydrogen-bond acceptors (Lipinski definition) is 2. The number of rotatable bonds is 2. The summed E-state index contributed by atoms with van der Waals surface area (Å²) in [4.78, 5) is 8.36. The van der Waals surface area contributed by atoms with E-state index in [9.17, 15) is 4.39 Å². The van der Waals surface area contributed by atoms with Crippen molar-refractivity contribution in [2.24, 2.45) is 0 Å². The molecule has 1 aromatic heterocycles. The minimum atomic E-state index is -0.495. The van der Waals surface area contributed by atoms with Gasteiger partial charge in [-0.3, -0.25) is 0 Å². The van der Waals surface area contributed by atoms with E-state index >= 15 is 0 Å². The molecule has 88 valence electrons. The molecule has 0 radical (unpaired) electrons. The van der Waals surface area contributed by atoms with Crippen molar-refractivity contribution >= 4 is 23.2 Å². The molecule has 0 unspecified atom stereocenters. The van der Waals surface area contributed by atoms with Gasteiger partial charge in [0.1, 0.15) is 11.0 Å². The molecule has 0 saturated heterocycles. The van der Waals surface area contributed by atoms with Crippen LogP contribution in [0, 0.1) is 5.82 Å². The molecule has 0 fully saturated rings. The van der Waals surface area contributed by atoms with E-state index in [1.54, 1.807) is 12.1 Å². The standard InChI is InChI=1S/C12H9Cl2FN2/c1-2-8-6-11(14)17-12(16-8)7-3-4-9(13)10(15)5-7/h3-6H,2H2,1H3. The van der Waals surface area contributed by atoms with Crippen molar-refractivity contribution in [1.29, 1.82) is 0 Å². The van der Waals surface area contributed by atoms with Crippen LogP contribution in [-0.2, 0) is 6.42 Å². The van der Waals surface area contributed by atoms with Gasteiger partial charge in [0, 0.05) is 11.3 Å². The third-order valence-electron chi connectivity index (χ3n) is 2.29. The van der Waals surface area contributed by atoms with Crippen LogP contribution in [0.5, 0.6) is 0 Å². The number of aromatic nitrogens is 2. The summed E-state index contributed by atoms with van der Waals surface area (Å²) < 4.78 is 13.3. The highest BCUT2D eigenvalue weighted by molar-refractivity contribution is 6.30. The largest absolute Gasteiger partial charge is 0.233 e. The quantitative estimate of drug-likeness (QED) is 0.767. The third-order valence-corrected chi connectivity index (χ3v) is 2.79. The fourth-order valence-electron chi connectivity index (χ4n) is 1.41. The first-order chi connectivity index (χ1) is 8.10. The molecule has 0 aliphatic carbocycles. The van der Waals surface area contributed by atoms with Crippen molar-refractivity contribution < 1.29 is 4.39 Å². The molecule has 0 aliphatic heterocycles. The van der Waals surface area contributed by atoms with Crippen LogP contribution in [0.4, 0.5) is 4.39 Å². The molecule has 0 aliphatic rings. The Hall–Kier alpha value is -1.19. The summed E-state index contributed by atoms with van der Waals surface area (Å²) in [6, 6.07) is 6.13. The number of aryl methyl sites for hydroxylation is 1. The van der Waals surface area contributed by atoms with E-state index in [0.29, 0.717) is 16.5 Å². The molecule has 0 bridgehead atoms. The van der Waals surface area contributed by atoms with Gasteiger partial charge in [-0.25, -0.2) is 14.4 Å². The van der Waals surface area contributed by atoms with Crippen LogP contribution >= 0.6 is 23.2 Å². The summed E-state index contributed by atoms with van der Waals surface area (Å²) in [6.45, 7) is 1.96. The third kappa shape index (κ3) is 2.73. The maximum absolute atomic E-state index is 13.3. The summed E-state index contributed by atoms with van der Waals surface area (Å²) in [5.41, 5.74) is 1.37. The van der Waals surface area contributed by atoms with Crippen LogP contribution in [0.2, 0.25) is 10.2 Å². The van der Waals surface area contributed by atoms with E-state index in [4.69, 9.17) is 23.2 Å². The monoisotopic (exact) mass is 270 g/mol. The van der Waals surface area contributed by atoms with Crippen LogP contribution in [0.3, 0.4) is 0 Å². The lowest BCUT2D eigenvalue weighted by Gasteiger charge is -2.04. The Morgan fingerprint density at radius 3 is 2.59 bits per heavy atom. The van der Waals surface area contributed by atoms with Crippen LogP contribution < -0.4 is 0 Å². The molecule has 0 saturated carbocycles. The van der Waals surface area contributed by atoms with Crippen LogP contribution in [0.15, 0.2) is 24.3 Å². The number of hydrogen-bond donors (Lipinski definition) is 0. The molecule has 2 nitrogen and oxygen atoms in total. The highest BCUT2D eigenvalue weighted by atomic mass is 35.5. The zero-order valence-electron chi connectivity index (χ0n) is 9.04. The van der Waals surface area contributed by atoms with E-state index in [1.807, 2.05) is 6.92 Å². The summed E-state index contributed by atoms with van der Waals surface area (Å²) in [5, 5.41) is 0.425. The second-order valence-corrected chi connectivity index (χ2v) is 4.28. The average Bonchev–Trinajstić information content (AvgIpc) is 2.32. The van der Waals surface area contributed by atoms with Crippen molar-refractivity contribution in [3.05, 3.63) is 46.0 Å².